The lowest BCUT2D eigenvalue weighted by Crippen LogP contribution is -2.24. The third-order valence-corrected chi connectivity index (χ3v) is 4.25. The minimum atomic E-state index is 0.477. The average molecular weight is 225 g/mol. The van der Waals surface area contributed by atoms with E-state index in [-0.39, 0.29) is 0 Å². The molecule has 0 aromatic rings. The normalized spacial score (nSPS) is 24.4. The Morgan fingerprint density at radius 1 is 1.06 bits per heavy atom. The van der Waals surface area contributed by atoms with E-state index in [1.807, 2.05) is 0 Å². The molecule has 0 saturated heterocycles. The Balaban J connectivity index is 1.88. The van der Waals surface area contributed by atoms with Crippen molar-refractivity contribution in [2.24, 2.45) is 17.1 Å². The SMILES string of the molecule is CCCCCCCCCC(N)C1CC1(C)C. The molecule has 0 amide bonds. The van der Waals surface area contributed by atoms with Gasteiger partial charge in [-0.3, -0.25) is 0 Å². The van der Waals surface area contributed by atoms with Crippen molar-refractivity contribution in [1.82, 2.24) is 0 Å². The highest BCUT2D eigenvalue weighted by Crippen LogP contribution is 2.53. The van der Waals surface area contributed by atoms with E-state index in [1.54, 1.807) is 0 Å². The van der Waals surface area contributed by atoms with Gasteiger partial charge in [0.2, 0.25) is 0 Å². The summed E-state index contributed by atoms with van der Waals surface area (Å²) in [7, 11) is 0. The molecule has 0 heterocycles. The van der Waals surface area contributed by atoms with Crippen LogP contribution in [0.1, 0.15) is 78.6 Å². The summed E-state index contributed by atoms with van der Waals surface area (Å²) in [6.45, 7) is 6.97. The number of rotatable bonds is 9. The van der Waals surface area contributed by atoms with Crippen molar-refractivity contribution in [2.45, 2.75) is 84.6 Å². The molecular formula is C15H31N. The first-order chi connectivity index (χ1) is 7.58. The molecule has 0 bridgehead atoms. The fraction of sp³-hybridized carbons (Fsp3) is 1.00. The molecule has 2 unspecified atom stereocenters. The summed E-state index contributed by atoms with van der Waals surface area (Å²) < 4.78 is 0. The van der Waals surface area contributed by atoms with Crippen molar-refractivity contribution in [2.75, 3.05) is 0 Å². The zero-order valence-electron chi connectivity index (χ0n) is 11.6. The third-order valence-electron chi connectivity index (χ3n) is 4.25. The Labute approximate surface area is 102 Å². The predicted molar refractivity (Wildman–Crippen MR) is 72.5 cm³/mol. The minimum absolute atomic E-state index is 0.477. The van der Waals surface area contributed by atoms with Crippen LogP contribution in [0.4, 0.5) is 0 Å². The molecule has 1 saturated carbocycles. The van der Waals surface area contributed by atoms with E-state index < -0.39 is 0 Å². The number of hydrogen-bond donors (Lipinski definition) is 1. The highest BCUT2D eigenvalue weighted by molar-refractivity contribution is 5.00. The molecule has 0 aromatic carbocycles. The molecule has 2 N–H and O–H groups in total. The summed E-state index contributed by atoms with van der Waals surface area (Å²) in [5.41, 5.74) is 6.77. The van der Waals surface area contributed by atoms with Crippen LogP contribution in [0.25, 0.3) is 0 Å². The topological polar surface area (TPSA) is 26.0 Å². The summed E-state index contributed by atoms with van der Waals surface area (Å²) >= 11 is 0. The monoisotopic (exact) mass is 225 g/mol. The van der Waals surface area contributed by atoms with Crippen molar-refractivity contribution in [3.63, 3.8) is 0 Å². The predicted octanol–water partition coefficient (Wildman–Crippen LogP) is 4.50. The molecule has 1 aliphatic rings. The van der Waals surface area contributed by atoms with Gasteiger partial charge in [0.05, 0.1) is 0 Å². The molecule has 0 aromatic heterocycles. The largest absolute Gasteiger partial charge is 0.327 e. The Bertz CT molecular complexity index is 186. The summed E-state index contributed by atoms with van der Waals surface area (Å²) in [6, 6.07) is 0.477. The fourth-order valence-electron chi connectivity index (χ4n) is 2.78. The molecular weight excluding hydrogens is 194 g/mol. The summed E-state index contributed by atoms with van der Waals surface area (Å²) in [4.78, 5) is 0. The van der Waals surface area contributed by atoms with E-state index in [2.05, 4.69) is 20.8 Å². The molecule has 0 radical (unpaired) electrons. The Hall–Kier alpha value is -0.0400. The van der Waals surface area contributed by atoms with Crippen LogP contribution in [0.3, 0.4) is 0 Å². The minimum Gasteiger partial charge on any atom is -0.327 e. The third kappa shape index (κ3) is 4.86. The lowest BCUT2D eigenvalue weighted by atomic mass is 9.99. The highest BCUT2D eigenvalue weighted by atomic mass is 14.7. The zero-order valence-corrected chi connectivity index (χ0v) is 11.6. The average Bonchev–Trinajstić information content (AvgIpc) is 2.86. The molecule has 2 atom stereocenters. The Morgan fingerprint density at radius 3 is 2.06 bits per heavy atom. The van der Waals surface area contributed by atoms with Gasteiger partial charge in [0.1, 0.15) is 0 Å². The van der Waals surface area contributed by atoms with Gasteiger partial charge >= 0.3 is 0 Å². The van der Waals surface area contributed by atoms with Crippen molar-refractivity contribution in [3.8, 4) is 0 Å². The molecule has 1 heteroatoms. The van der Waals surface area contributed by atoms with Gasteiger partial charge < -0.3 is 5.73 Å². The van der Waals surface area contributed by atoms with Crippen molar-refractivity contribution < 1.29 is 0 Å². The van der Waals surface area contributed by atoms with E-state index >= 15 is 0 Å². The van der Waals surface area contributed by atoms with Gasteiger partial charge in [-0.25, -0.2) is 0 Å². The van der Waals surface area contributed by atoms with Crippen LogP contribution in [0.15, 0.2) is 0 Å². The van der Waals surface area contributed by atoms with Gasteiger partial charge in [0, 0.05) is 6.04 Å². The van der Waals surface area contributed by atoms with Crippen LogP contribution in [0.5, 0.6) is 0 Å². The second kappa shape index (κ2) is 6.64. The zero-order chi connectivity index (χ0) is 12.0. The maximum absolute atomic E-state index is 6.22. The van der Waals surface area contributed by atoms with Gasteiger partial charge in [0.25, 0.3) is 0 Å². The molecule has 1 nitrogen and oxygen atoms in total. The molecule has 1 aliphatic carbocycles. The second-order valence-corrected chi connectivity index (χ2v) is 6.37. The molecule has 96 valence electrons. The molecule has 0 aliphatic heterocycles. The van der Waals surface area contributed by atoms with Crippen molar-refractivity contribution >= 4 is 0 Å². The summed E-state index contributed by atoms with van der Waals surface area (Å²) in [6.07, 6.45) is 12.4. The van der Waals surface area contributed by atoms with Crippen LogP contribution >= 0.6 is 0 Å². The van der Waals surface area contributed by atoms with E-state index in [1.165, 1.54) is 57.8 Å². The molecule has 0 spiro atoms. The van der Waals surface area contributed by atoms with Gasteiger partial charge in [-0.15, -0.1) is 0 Å². The number of hydrogen-bond acceptors (Lipinski definition) is 1. The number of nitrogens with two attached hydrogens (primary N) is 1. The quantitative estimate of drug-likeness (QED) is 0.574. The van der Waals surface area contributed by atoms with E-state index in [9.17, 15) is 0 Å². The van der Waals surface area contributed by atoms with Crippen LogP contribution in [-0.4, -0.2) is 6.04 Å². The van der Waals surface area contributed by atoms with Crippen LogP contribution in [-0.2, 0) is 0 Å². The standard InChI is InChI=1S/C15H31N/c1-4-5-6-7-8-9-10-11-14(16)13-12-15(13,2)3/h13-14H,4-12,16H2,1-3H3. The summed E-state index contributed by atoms with van der Waals surface area (Å²) in [5, 5.41) is 0. The number of unbranched alkanes of at least 4 members (excludes halogenated alkanes) is 6. The first kappa shape index (κ1) is 14.0. The Kier molecular flexibility index (Phi) is 5.82. The van der Waals surface area contributed by atoms with E-state index in [4.69, 9.17) is 5.73 Å². The molecule has 16 heavy (non-hydrogen) atoms. The van der Waals surface area contributed by atoms with Gasteiger partial charge in [-0.05, 0) is 24.2 Å². The maximum atomic E-state index is 6.22. The second-order valence-electron chi connectivity index (χ2n) is 6.37. The highest BCUT2D eigenvalue weighted by Gasteiger charge is 2.48. The first-order valence-electron chi connectivity index (χ1n) is 7.33. The van der Waals surface area contributed by atoms with E-state index in [0.29, 0.717) is 11.5 Å². The Morgan fingerprint density at radius 2 is 1.56 bits per heavy atom. The van der Waals surface area contributed by atoms with E-state index in [0.717, 1.165) is 5.92 Å². The van der Waals surface area contributed by atoms with Crippen molar-refractivity contribution in [1.29, 1.82) is 0 Å². The van der Waals surface area contributed by atoms with Crippen LogP contribution in [0, 0.1) is 11.3 Å². The van der Waals surface area contributed by atoms with Crippen molar-refractivity contribution in [3.05, 3.63) is 0 Å². The molecule has 1 rings (SSSR count). The maximum Gasteiger partial charge on any atom is 0.00724 e. The van der Waals surface area contributed by atoms with Gasteiger partial charge in [0.15, 0.2) is 0 Å². The fourth-order valence-corrected chi connectivity index (χ4v) is 2.78. The smallest absolute Gasteiger partial charge is 0.00724 e. The van der Waals surface area contributed by atoms with Gasteiger partial charge in [-0.1, -0.05) is 65.7 Å². The lowest BCUT2D eigenvalue weighted by molar-refractivity contribution is 0.438. The summed E-state index contributed by atoms with van der Waals surface area (Å²) in [5.74, 6) is 0.813. The van der Waals surface area contributed by atoms with Gasteiger partial charge in [-0.2, -0.15) is 0 Å². The lowest BCUT2D eigenvalue weighted by Gasteiger charge is -2.13. The first-order valence-corrected chi connectivity index (χ1v) is 7.33. The van der Waals surface area contributed by atoms with Crippen LogP contribution in [0.2, 0.25) is 0 Å². The van der Waals surface area contributed by atoms with Crippen LogP contribution < -0.4 is 5.73 Å². The molecule has 1 fully saturated rings.